The van der Waals surface area contributed by atoms with Gasteiger partial charge in [0.1, 0.15) is 5.82 Å². The van der Waals surface area contributed by atoms with Crippen LogP contribution >= 0.6 is 0 Å². The van der Waals surface area contributed by atoms with Gasteiger partial charge in [-0.1, -0.05) is 12.1 Å². The molecule has 0 aliphatic heterocycles. The highest BCUT2D eigenvalue weighted by Gasteiger charge is 2.15. The summed E-state index contributed by atoms with van der Waals surface area (Å²) in [5, 5.41) is 8.78. The zero-order valence-corrected chi connectivity index (χ0v) is 8.22. The van der Waals surface area contributed by atoms with Crippen LogP contribution in [-0.2, 0) is 19.3 Å². The van der Waals surface area contributed by atoms with E-state index >= 15 is 0 Å². The Morgan fingerprint density at radius 2 is 2.00 bits per heavy atom. The SMILES string of the molecule is OCCc1ccc2c(c1F)CCCC2. The van der Waals surface area contributed by atoms with Crippen LogP contribution in [0.15, 0.2) is 12.1 Å². The minimum Gasteiger partial charge on any atom is -0.396 e. The van der Waals surface area contributed by atoms with Gasteiger partial charge < -0.3 is 5.11 Å². The van der Waals surface area contributed by atoms with E-state index in [0.29, 0.717) is 12.0 Å². The Kier molecular flexibility index (Phi) is 2.82. The summed E-state index contributed by atoms with van der Waals surface area (Å²) >= 11 is 0. The second kappa shape index (κ2) is 4.09. The topological polar surface area (TPSA) is 20.2 Å². The highest BCUT2D eigenvalue weighted by Crippen LogP contribution is 2.25. The maximum Gasteiger partial charge on any atom is 0.129 e. The zero-order chi connectivity index (χ0) is 9.97. The molecule has 1 aromatic rings. The van der Waals surface area contributed by atoms with Gasteiger partial charge in [-0.05, 0) is 48.8 Å². The number of rotatable bonds is 2. The summed E-state index contributed by atoms with van der Waals surface area (Å²) in [6.45, 7) is 0.0235. The average molecular weight is 194 g/mol. The fraction of sp³-hybridized carbons (Fsp3) is 0.500. The van der Waals surface area contributed by atoms with Crippen LogP contribution in [0.1, 0.15) is 29.5 Å². The average Bonchev–Trinajstić information content (AvgIpc) is 2.23. The Morgan fingerprint density at radius 3 is 2.79 bits per heavy atom. The quantitative estimate of drug-likeness (QED) is 0.765. The minimum atomic E-state index is -0.0729. The van der Waals surface area contributed by atoms with Crippen LogP contribution in [-0.4, -0.2) is 11.7 Å². The van der Waals surface area contributed by atoms with Crippen LogP contribution in [0.25, 0.3) is 0 Å². The molecule has 0 spiro atoms. The maximum absolute atomic E-state index is 13.8. The van der Waals surface area contributed by atoms with E-state index in [0.717, 1.165) is 30.4 Å². The second-order valence-corrected chi connectivity index (χ2v) is 3.86. The van der Waals surface area contributed by atoms with Crippen molar-refractivity contribution in [3.05, 3.63) is 34.6 Å². The fourth-order valence-corrected chi connectivity index (χ4v) is 2.14. The second-order valence-electron chi connectivity index (χ2n) is 3.86. The predicted molar refractivity (Wildman–Crippen MR) is 53.8 cm³/mol. The maximum atomic E-state index is 13.8. The van der Waals surface area contributed by atoms with Gasteiger partial charge in [-0.3, -0.25) is 0 Å². The van der Waals surface area contributed by atoms with Crippen molar-refractivity contribution in [2.45, 2.75) is 32.1 Å². The molecule has 0 atom stereocenters. The van der Waals surface area contributed by atoms with Crippen LogP contribution in [0.4, 0.5) is 4.39 Å². The van der Waals surface area contributed by atoms with Crippen molar-refractivity contribution < 1.29 is 9.50 Å². The number of aliphatic hydroxyl groups is 1. The Morgan fingerprint density at radius 1 is 1.21 bits per heavy atom. The minimum absolute atomic E-state index is 0.0235. The van der Waals surface area contributed by atoms with E-state index in [4.69, 9.17) is 5.11 Å². The number of aliphatic hydroxyl groups excluding tert-OH is 1. The largest absolute Gasteiger partial charge is 0.396 e. The molecule has 1 nitrogen and oxygen atoms in total. The van der Waals surface area contributed by atoms with Crippen molar-refractivity contribution in [2.75, 3.05) is 6.61 Å². The van der Waals surface area contributed by atoms with Crippen molar-refractivity contribution in [1.82, 2.24) is 0 Å². The zero-order valence-electron chi connectivity index (χ0n) is 8.22. The molecule has 76 valence electrons. The number of hydrogen-bond acceptors (Lipinski definition) is 1. The number of hydrogen-bond donors (Lipinski definition) is 1. The third-order valence-corrected chi connectivity index (χ3v) is 2.92. The van der Waals surface area contributed by atoms with Crippen molar-refractivity contribution in [3.63, 3.8) is 0 Å². The lowest BCUT2D eigenvalue weighted by atomic mass is 9.89. The normalized spacial score (nSPS) is 15.3. The number of aryl methyl sites for hydroxylation is 1. The summed E-state index contributed by atoms with van der Waals surface area (Å²) in [4.78, 5) is 0. The lowest BCUT2D eigenvalue weighted by Crippen LogP contribution is -2.08. The van der Waals surface area contributed by atoms with E-state index in [2.05, 4.69) is 0 Å². The third-order valence-electron chi connectivity index (χ3n) is 2.92. The van der Waals surface area contributed by atoms with Gasteiger partial charge in [0.2, 0.25) is 0 Å². The van der Waals surface area contributed by atoms with Gasteiger partial charge in [-0.15, -0.1) is 0 Å². The van der Waals surface area contributed by atoms with Crippen molar-refractivity contribution in [2.24, 2.45) is 0 Å². The van der Waals surface area contributed by atoms with Crippen LogP contribution in [0.5, 0.6) is 0 Å². The molecular weight excluding hydrogens is 179 g/mol. The van der Waals surface area contributed by atoms with Gasteiger partial charge in [-0.2, -0.15) is 0 Å². The van der Waals surface area contributed by atoms with Crippen LogP contribution < -0.4 is 0 Å². The third kappa shape index (κ3) is 1.67. The molecule has 0 unspecified atom stereocenters. The van der Waals surface area contributed by atoms with E-state index in [1.165, 1.54) is 6.42 Å². The van der Waals surface area contributed by atoms with Gasteiger partial charge in [0.05, 0.1) is 0 Å². The summed E-state index contributed by atoms with van der Waals surface area (Å²) in [6.07, 6.45) is 4.56. The molecule has 14 heavy (non-hydrogen) atoms. The van der Waals surface area contributed by atoms with Crippen LogP contribution in [0, 0.1) is 5.82 Å². The summed E-state index contributed by atoms with van der Waals surface area (Å²) in [5.74, 6) is -0.0729. The molecule has 1 N–H and O–H groups in total. The number of fused-ring (bicyclic) bond motifs is 1. The summed E-state index contributed by atoms with van der Waals surface area (Å²) < 4.78 is 13.8. The predicted octanol–water partition coefficient (Wildman–Crippen LogP) is 2.24. The number of benzene rings is 1. The van der Waals surface area contributed by atoms with E-state index in [-0.39, 0.29) is 12.4 Å². The molecule has 0 amide bonds. The number of halogens is 1. The molecule has 2 rings (SSSR count). The first-order chi connectivity index (χ1) is 6.83. The van der Waals surface area contributed by atoms with Crippen LogP contribution in [0.2, 0.25) is 0 Å². The van der Waals surface area contributed by atoms with E-state index in [1.54, 1.807) is 0 Å². The molecule has 0 aromatic heterocycles. The lowest BCUT2D eigenvalue weighted by molar-refractivity contribution is 0.297. The first-order valence-corrected chi connectivity index (χ1v) is 5.23. The Balaban J connectivity index is 2.38. The summed E-state index contributed by atoms with van der Waals surface area (Å²) in [7, 11) is 0. The highest BCUT2D eigenvalue weighted by atomic mass is 19.1. The molecule has 1 aliphatic rings. The molecule has 0 radical (unpaired) electrons. The molecule has 0 saturated heterocycles. The molecular formula is C12H15FO. The summed E-state index contributed by atoms with van der Waals surface area (Å²) in [5.41, 5.74) is 2.71. The molecule has 2 heteroatoms. The van der Waals surface area contributed by atoms with Crippen molar-refractivity contribution in [1.29, 1.82) is 0 Å². The highest BCUT2D eigenvalue weighted by molar-refractivity contribution is 5.35. The van der Waals surface area contributed by atoms with Gasteiger partial charge in [0.25, 0.3) is 0 Å². The van der Waals surface area contributed by atoms with E-state index in [1.807, 2.05) is 12.1 Å². The molecule has 0 fully saturated rings. The Hall–Kier alpha value is -0.890. The first kappa shape index (κ1) is 9.66. The molecule has 0 bridgehead atoms. The molecule has 0 saturated carbocycles. The fourth-order valence-electron chi connectivity index (χ4n) is 2.14. The van der Waals surface area contributed by atoms with Gasteiger partial charge in [0, 0.05) is 6.61 Å². The monoisotopic (exact) mass is 194 g/mol. The first-order valence-electron chi connectivity index (χ1n) is 5.23. The smallest absolute Gasteiger partial charge is 0.129 e. The van der Waals surface area contributed by atoms with Gasteiger partial charge >= 0.3 is 0 Å². The van der Waals surface area contributed by atoms with Crippen molar-refractivity contribution >= 4 is 0 Å². The summed E-state index contributed by atoms with van der Waals surface area (Å²) in [6, 6.07) is 3.83. The van der Waals surface area contributed by atoms with Crippen LogP contribution in [0.3, 0.4) is 0 Å². The van der Waals surface area contributed by atoms with Gasteiger partial charge in [0.15, 0.2) is 0 Å². The standard InChI is InChI=1S/C12H15FO/c13-12-10(7-8-14)6-5-9-3-1-2-4-11(9)12/h5-6,14H,1-4,7-8H2. The lowest BCUT2D eigenvalue weighted by Gasteiger charge is -2.17. The molecule has 1 aliphatic carbocycles. The van der Waals surface area contributed by atoms with E-state index < -0.39 is 0 Å². The Bertz CT molecular complexity index is 333. The van der Waals surface area contributed by atoms with E-state index in [9.17, 15) is 4.39 Å². The van der Waals surface area contributed by atoms with Gasteiger partial charge in [-0.25, -0.2) is 4.39 Å². The Labute approximate surface area is 83.6 Å². The molecule has 0 heterocycles. The van der Waals surface area contributed by atoms with Crippen molar-refractivity contribution in [3.8, 4) is 0 Å². The molecule has 1 aromatic carbocycles.